The molecule has 2 aromatic heterocycles. The zero-order valence-electron chi connectivity index (χ0n) is 14.8. The first-order valence-corrected chi connectivity index (χ1v) is 10.1. The van der Waals surface area contributed by atoms with E-state index in [2.05, 4.69) is 35.7 Å². The molecule has 0 radical (unpaired) electrons. The van der Waals surface area contributed by atoms with Crippen molar-refractivity contribution in [2.24, 2.45) is 0 Å². The predicted octanol–water partition coefficient (Wildman–Crippen LogP) is 3.53. The summed E-state index contributed by atoms with van der Waals surface area (Å²) in [5, 5.41) is 0. The molecule has 136 valence electrons. The Morgan fingerprint density at radius 3 is 2.58 bits per heavy atom. The van der Waals surface area contributed by atoms with Gasteiger partial charge in [-0.3, -0.25) is 14.7 Å². The minimum Gasteiger partial charge on any atom is -0.354 e. The standard InChI is InChI=1S/C20H23BrN4O/c21-16-12-15(13-22-14-16)20(26)18-6-3-7-19(23-18)25-10-8-24(9-11-25)17-4-1-2-5-17/h3,6-7,12-14,17H,1-2,4-5,8-11H2. The third-order valence-electron chi connectivity index (χ3n) is 5.41. The topological polar surface area (TPSA) is 49.3 Å². The predicted molar refractivity (Wildman–Crippen MR) is 106 cm³/mol. The van der Waals surface area contributed by atoms with E-state index < -0.39 is 0 Å². The van der Waals surface area contributed by atoms with Gasteiger partial charge in [0.15, 0.2) is 0 Å². The van der Waals surface area contributed by atoms with Crippen LogP contribution in [-0.2, 0) is 0 Å². The van der Waals surface area contributed by atoms with Crippen molar-refractivity contribution in [3.63, 3.8) is 0 Å². The summed E-state index contributed by atoms with van der Waals surface area (Å²) in [6.07, 6.45) is 8.71. The van der Waals surface area contributed by atoms with Crippen molar-refractivity contribution in [2.45, 2.75) is 31.7 Å². The van der Waals surface area contributed by atoms with Gasteiger partial charge in [0, 0.05) is 54.7 Å². The number of piperazine rings is 1. The van der Waals surface area contributed by atoms with E-state index in [4.69, 9.17) is 0 Å². The molecule has 26 heavy (non-hydrogen) atoms. The molecule has 2 fully saturated rings. The number of ketones is 1. The highest BCUT2D eigenvalue weighted by Gasteiger charge is 2.26. The van der Waals surface area contributed by atoms with Gasteiger partial charge in [0.25, 0.3) is 0 Å². The van der Waals surface area contributed by atoms with Crippen LogP contribution in [0.25, 0.3) is 0 Å². The first-order chi connectivity index (χ1) is 12.7. The van der Waals surface area contributed by atoms with E-state index in [1.165, 1.54) is 25.7 Å². The lowest BCUT2D eigenvalue weighted by Gasteiger charge is -2.38. The minimum atomic E-state index is -0.0924. The molecule has 0 bridgehead atoms. The highest BCUT2D eigenvalue weighted by Crippen LogP contribution is 2.25. The largest absolute Gasteiger partial charge is 0.354 e. The number of anilines is 1. The second kappa shape index (κ2) is 7.84. The molecule has 1 aliphatic carbocycles. The lowest BCUT2D eigenvalue weighted by atomic mass is 10.1. The number of carbonyl (C=O) groups is 1. The van der Waals surface area contributed by atoms with Crippen LogP contribution in [0.5, 0.6) is 0 Å². The van der Waals surface area contributed by atoms with E-state index >= 15 is 0 Å². The Balaban J connectivity index is 1.45. The highest BCUT2D eigenvalue weighted by molar-refractivity contribution is 9.10. The van der Waals surface area contributed by atoms with Crippen LogP contribution in [0, 0.1) is 0 Å². The quantitative estimate of drug-likeness (QED) is 0.716. The Hall–Kier alpha value is -1.79. The fourth-order valence-electron chi connectivity index (χ4n) is 4.00. The Labute approximate surface area is 162 Å². The number of nitrogens with zero attached hydrogens (tertiary/aromatic N) is 4. The molecule has 0 amide bonds. The van der Waals surface area contributed by atoms with Crippen molar-refractivity contribution < 1.29 is 4.79 Å². The molecule has 0 N–H and O–H groups in total. The minimum absolute atomic E-state index is 0.0924. The monoisotopic (exact) mass is 414 g/mol. The molecule has 2 aromatic rings. The van der Waals surface area contributed by atoms with Crippen molar-refractivity contribution >= 4 is 27.5 Å². The van der Waals surface area contributed by atoms with E-state index in [0.29, 0.717) is 11.3 Å². The molecule has 0 atom stereocenters. The molecule has 2 aliphatic rings. The van der Waals surface area contributed by atoms with Crippen LogP contribution in [0.3, 0.4) is 0 Å². The summed E-state index contributed by atoms with van der Waals surface area (Å²) >= 11 is 3.37. The Morgan fingerprint density at radius 2 is 1.85 bits per heavy atom. The molecule has 5 nitrogen and oxygen atoms in total. The van der Waals surface area contributed by atoms with Gasteiger partial charge in [-0.1, -0.05) is 18.9 Å². The van der Waals surface area contributed by atoms with Gasteiger partial charge in [-0.15, -0.1) is 0 Å². The van der Waals surface area contributed by atoms with E-state index in [1.54, 1.807) is 24.5 Å². The van der Waals surface area contributed by atoms with Crippen molar-refractivity contribution in [3.05, 3.63) is 52.4 Å². The number of hydrogen-bond donors (Lipinski definition) is 0. The molecule has 1 saturated heterocycles. The van der Waals surface area contributed by atoms with E-state index in [0.717, 1.165) is 42.5 Å². The first kappa shape index (κ1) is 17.6. The van der Waals surface area contributed by atoms with Gasteiger partial charge < -0.3 is 4.90 Å². The summed E-state index contributed by atoms with van der Waals surface area (Å²) in [7, 11) is 0. The molecule has 0 unspecified atom stereocenters. The summed E-state index contributed by atoms with van der Waals surface area (Å²) < 4.78 is 0.794. The van der Waals surface area contributed by atoms with Crippen molar-refractivity contribution in [3.8, 4) is 0 Å². The molecule has 0 aromatic carbocycles. The van der Waals surface area contributed by atoms with Crippen molar-refractivity contribution in [1.82, 2.24) is 14.9 Å². The normalized spacial score (nSPS) is 19.0. The summed E-state index contributed by atoms with van der Waals surface area (Å²) in [6, 6.07) is 8.26. The second-order valence-electron chi connectivity index (χ2n) is 7.06. The average molecular weight is 415 g/mol. The molecule has 4 rings (SSSR count). The number of halogens is 1. The fraction of sp³-hybridized carbons (Fsp3) is 0.450. The SMILES string of the molecule is O=C(c1cncc(Br)c1)c1cccc(N2CCN(C3CCCC3)CC2)n1. The van der Waals surface area contributed by atoms with Gasteiger partial charge in [0.1, 0.15) is 11.5 Å². The van der Waals surface area contributed by atoms with Gasteiger partial charge in [-0.05, 0) is 47.0 Å². The highest BCUT2D eigenvalue weighted by atomic mass is 79.9. The summed E-state index contributed by atoms with van der Waals surface area (Å²) in [6.45, 7) is 4.11. The number of pyridine rings is 2. The summed E-state index contributed by atoms with van der Waals surface area (Å²) in [5.74, 6) is 0.801. The maximum absolute atomic E-state index is 12.7. The fourth-order valence-corrected chi connectivity index (χ4v) is 4.36. The van der Waals surface area contributed by atoms with Gasteiger partial charge >= 0.3 is 0 Å². The van der Waals surface area contributed by atoms with Crippen molar-refractivity contribution in [1.29, 1.82) is 0 Å². The molecule has 0 spiro atoms. The van der Waals surface area contributed by atoms with Crippen LogP contribution in [0.2, 0.25) is 0 Å². The van der Waals surface area contributed by atoms with Gasteiger partial charge in [0.2, 0.25) is 5.78 Å². The number of aromatic nitrogens is 2. The second-order valence-corrected chi connectivity index (χ2v) is 7.98. The van der Waals surface area contributed by atoms with E-state index in [-0.39, 0.29) is 5.78 Å². The molecule has 1 saturated carbocycles. The van der Waals surface area contributed by atoms with Gasteiger partial charge in [0.05, 0.1) is 0 Å². The molecular weight excluding hydrogens is 392 g/mol. The van der Waals surface area contributed by atoms with Gasteiger partial charge in [-0.2, -0.15) is 0 Å². The molecule has 1 aliphatic heterocycles. The Morgan fingerprint density at radius 1 is 1.08 bits per heavy atom. The van der Waals surface area contributed by atoms with Crippen LogP contribution in [-0.4, -0.2) is 52.9 Å². The van der Waals surface area contributed by atoms with Crippen LogP contribution in [0.4, 0.5) is 5.82 Å². The zero-order valence-corrected chi connectivity index (χ0v) is 16.4. The summed E-state index contributed by atoms with van der Waals surface area (Å²) in [4.78, 5) is 26.4. The van der Waals surface area contributed by atoms with E-state index in [1.807, 2.05) is 12.1 Å². The zero-order chi connectivity index (χ0) is 17.9. The van der Waals surface area contributed by atoms with Crippen LogP contribution >= 0.6 is 15.9 Å². The summed E-state index contributed by atoms with van der Waals surface area (Å²) in [5.41, 5.74) is 1.02. The lowest BCUT2D eigenvalue weighted by molar-refractivity contribution is 0.103. The van der Waals surface area contributed by atoms with Crippen LogP contribution in [0.1, 0.15) is 41.7 Å². The maximum atomic E-state index is 12.7. The Bertz CT molecular complexity index is 783. The van der Waals surface area contributed by atoms with Crippen LogP contribution < -0.4 is 4.90 Å². The average Bonchev–Trinajstić information content (AvgIpc) is 3.22. The number of rotatable bonds is 4. The van der Waals surface area contributed by atoms with Crippen molar-refractivity contribution in [2.75, 3.05) is 31.1 Å². The molecule has 6 heteroatoms. The number of hydrogen-bond acceptors (Lipinski definition) is 5. The maximum Gasteiger partial charge on any atom is 0.213 e. The molecular formula is C20H23BrN4O. The van der Waals surface area contributed by atoms with E-state index in [9.17, 15) is 4.79 Å². The first-order valence-electron chi connectivity index (χ1n) is 9.32. The lowest BCUT2D eigenvalue weighted by Crippen LogP contribution is -2.50. The van der Waals surface area contributed by atoms with Crippen LogP contribution in [0.15, 0.2) is 41.1 Å². The third-order valence-corrected chi connectivity index (χ3v) is 5.85. The third kappa shape index (κ3) is 3.81. The molecule has 3 heterocycles. The smallest absolute Gasteiger partial charge is 0.213 e. The number of carbonyl (C=O) groups excluding carboxylic acids is 1. The van der Waals surface area contributed by atoms with Gasteiger partial charge in [-0.25, -0.2) is 4.98 Å². The Kier molecular flexibility index (Phi) is 5.31.